The Balaban J connectivity index is 1.96. The van der Waals surface area contributed by atoms with Gasteiger partial charge in [0, 0.05) is 22.3 Å². The highest BCUT2D eigenvalue weighted by molar-refractivity contribution is 6.51. The smallest absolute Gasteiger partial charge is 0.300 e. The molecule has 3 aromatic carbocycles. The van der Waals surface area contributed by atoms with Gasteiger partial charge in [0.15, 0.2) is 11.6 Å². The van der Waals surface area contributed by atoms with Crippen LogP contribution in [0.5, 0.6) is 5.75 Å². The lowest BCUT2D eigenvalue weighted by Gasteiger charge is -2.25. The monoisotopic (exact) mass is 441 g/mol. The van der Waals surface area contributed by atoms with Crippen molar-refractivity contribution in [1.82, 2.24) is 0 Å². The van der Waals surface area contributed by atoms with E-state index < -0.39 is 35.1 Å². The van der Waals surface area contributed by atoms with Crippen molar-refractivity contribution in [2.45, 2.75) is 6.04 Å². The van der Waals surface area contributed by atoms with Crippen molar-refractivity contribution in [2.75, 3.05) is 4.90 Å². The van der Waals surface area contributed by atoms with Crippen molar-refractivity contribution < 1.29 is 28.6 Å². The van der Waals surface area contributed by atoms with Crippen LogP contribution in [0.4, 0.5) is 14.5 Å². The number of phenols is 1. The lowest BCUT2D eigenvalue weighted by Crippen LogP contribution is -2.29. The van der Waals surface area contributed by atoms with Crippen LogP contribution in [0.1, 0.15) is 17.2 Å². The van der Waals surface area contributed by atoms with Crippen LogP contribution in [-0.4, -0.2) is 21.9 Å². The van der Waals surface area contributed by atoms with Crippen LogP contribution in [0.3, 0.4) is 0 Å². The van der Waals surface area contributed by atoms with Crippen LogP contribution in [-0.2, 0) is 9.59 Å². The summed E-state index contributed by atoms with van der Waals surface area (Å²) in [5, 5.41) is 20.8. The minimum Gasteiger partial charge on any atom is -0.508 e. The molecule has 4 rings (SSSR count). The quantitative estimate of drug-likeness (QED) is 0.342. The van der Waals surface area contributed by atoms with E-state index in [1.165, 1.54) is 36.4 Å². The van der Waals surface area contributed by atoms with E-state index in [2.05, 4.69) is 0 Å². The predicted molar refractivity (Wildman–Crippen MR) is 111 cm³/mol. The molecule has 0 bridgehead atoms. The number of anilines is 1. The number of halogens is 3. The molecule has 3 aromatic rings. The average molecular weight is 442 g/mol. The Morgan fingerprint density at radius 2 is 1.65 bits per heavy atom. The average Bonchev–Trinajstić information content (AvgIpc) is 3.01. The Morgan fingerprint density at radius 1 is 0.935 bits per heavy atom. The van der Waals surface area contributed by atoms with E-state index in [4.69, 9.17) is 11.6 Å². The standard InChI is InChI=1S/C23H14ClF2NO4/c24-14-3-1-2-13(10-14)21(29)19-20(12-4-7-16(28)8-5-12)27(23(31)22(19)30)15-6-9-17(25)18(26)11-15/h1-11,20,28-29H/b21-19+. The molecule has 0 radical (unpaired) electrons. The molecule has 1 atom stereocenters. The number of aliphatic hydroxyl groups excluding tert-OH is 1. The molecule has 156 valence electrons. The lowest BCUT2D eigenvalue weighted by molar-refractivity contribution is -0.132. The number of hydrogen-bond acceptors (Lipinski definition) is 4. The minimum absolute atomic E-state index is 0.0524. The van der Waals surface area contributed by atoms with Crippen LogP contribution in [0.25, 0.3) is 5.76 Å². The summed E-state index contributed by atoms with van der Waals surface area (Å²) in [5.41, 5.74) is 0.261. The van der Waals surface area contributed by atoms with Crippen molar-refractivity contribution in [3.8, 4) is 5.75 Å². The van der Waals surface area contributed by atoms with Crippen LogP contribution < -0.4 is 4.90 Å². The summed E-state index contributed by atoms with van der Waals surface area (Å²) in [6.45, 7) is 0. The molecule has 31 heavy (non-hydrogen) atoms. The van der Waals surface area contributed by atoms with Gasteiger partial charge >= 0.3 is 0 Å². The number of phenolic OH excluding ortho intramolecular Hbond substituents is 1. The van der Waals surface area contributed by atoms with Crippen LogP contribution in [0, 0.1) is 11.6 Å². The SMILES string of the molecule is O=C1C(=O)N(c2ccc(F)c(F)c2)C(c2ccc(O)cc2)/C1=C(\O)c1cccc(Cl)c1. The van der Waals surface area contributed by atoms with Crippen LogP contribution in [0.2, 0.25) is 5.02 Å². The number of nitrogens with zero attached hydrogens (tertiary/aromatic N) is 1. The molecule has 0 spiro atoms. The Labute approximate surface area is 180 Å². The van der Waals surface area contributed by atoms with E-state index in [-0.39, 0.29) is 22.6 Å². The van der Waals surface area contributed by atoms with E-state index in [1.54, 1.807) is 12.1 Å². The van der Waals surface area contributed by atoms with Gasteiger partial charge < -0.3 is 10.2 Å². The van der Waals surface area contributed by atoms with E-state index in [9.17, 15) is 28.6 Å². The van der Waals surface area contributed by atoms with Gasteiger partial charge in [-0.2, -0.15) is 0 Å². The first kappa shape index (κ1) is 20.6. The van der Waals surface area contributed by atoms with Gasteiger partial charge in [-0.3, -0.25) is 14.5 Å². The van der Waals surface area contributed by atoms with Gasteiger partial charge in [0.05, 0.1) is 11.6 Å². The van der Waals surface area contributed by atoms with Gasteiger partial charge in [-0.1, -0.05) is 35.9 Å². The summed E-state index contributed by atoms with van der Waals surface area (Å²) in [5.74, 6) is -4.85. The molecule has 0 aromatic heterocycles. The highest BCUT2D eigenvalue weighted by Crippen LogP contribution is 2.42. The molecule has 2 N–H and O–H groups in total. The fraction of sp³-hybridized carbons (Fsp3) is 0.0435. The minimum atomic E-state index is -1.20. The third kappa shape index (κ3) is 3.64. The Bertz CT molecular complexity index is 1240. The summed E-state index contributed by atoms with van der Waals surface area (Å²) >= 11 is 5.99. The van der Waals surface area contributed by atoms with E-state index in [1.807, 2.05) is 0 Å². The fourth-order valence-corrected chi connectivity index (χ4v) is 3.69. The molecule has 1 aliphatic heterocycles. The number of benzene rings is 3. The van der Waals surface area contributed by atoms with Crippen molar-refractivity contribution in [1.29, 1.82) is 0 Å². The molecule has 1 saturated heterocycles. The predicted octanol–water partition coefficient (Wildman–Crippen LogP) is 4.95. The Morgan fingerprint density at radius 3 is 2.29 bits per heavy atom. The maximum atomic E-state index is 13.9. The number of Topliss-reactive ketones (excluding diaryl/α,β-unsaturated/α-hetero) is 1. The van der Waals surface area contributed by atoms with Crippen molar-refractivity contribution in [2.24, 2.45) is 0 Å². The summed E-state index contributed by atoms with van der Waals surface area (Å²) in [6.07, 6.45) is 0. The molecule has 5 nitrogen and oxygen atoms in total. The normalized spacial score (nSPS) is 17.9. The Kier molecular flexibility index (Phi) is 5.20. The van der Waals surface area contributed by atoms with Gasteiger partial charge in [-0.05, 0) is 42.0 Å². The molecule has 1 amide bonds. The van der Waals surface area contributed by atoms with Crippen molar-refractivity contribution in [3.05, 3.63) is 100 Å². The maximum Gasteiger partial charge on any atom is 0.300 e. The number of carbonyl (C=O) groups excluding carboxylic acids is 2. The van der Waals surface area contributed by atoms with E-state index >= 15 is 0 Å². The van der Waals surface area contributed by atoms with Crippen molar-refractivity contribution >= 4 is 34.7 Å². The molecule has 1 heterocycles. The number of aromatic hydroxyl groups is 1. The van der Waals surface area contributed by atoms with Gasteiger partial charge in [0.2, 0.25) is 0 Å². The highest BCUT2D eigenvalue weighted by atomic mass is 35.5. The molecule has 8 heteroatoms. The summed E-state index contributed by atoms with van der Waals surface area (Å²) < 4.78 is 27.4. The number of rotatable bonds is 3. The van der Waals surface area contributed by atoms with E-state index in [0.717, 1.165) is 23.1 Å². The molecular weight excluding hydrogens is 428 g/mol. The fourth-order valence-electron chi connectivity index (χ4n) is 3.50. The Hall–Kier alpha value is -3.71. The van der Waals surface area contributed by atoms with Gasteiger partial charge in [0.1, 0.15) is 11.5 Å². The third-order valence-corrected chi connectivity index (χ3v) is 5.17. The first-order valence-corrected chi connectivity index (χ1v) is 9.46. The number of ketones is 1. The lowest BCUT2D eigenvalue weighted by atomic mass is 9.95. The van der Waals surface area contributed by atoms with Gasteiger partial charge in [0.25, 0.3) is 11.7 Å². The molecule has 1 fully saturated rings. The second-order valence-electron chi connectivity index (χ2n) is 6.87. The summed E-state index contributed by atoms with van der Waals surface area (Å²) in [7, 11) is 0. The second-order valence-corrected chi connectivity index (χ2v) is 7.31. The van der Waals surface area contributed by atoms with Crippen molar-refractivity contribution in [3.63, 3.8) is 0 Å². The van der Waals surface area contributed by atoms with Crippen LogP contribution >= 0.6 is 11.6 Å². The van der Waals surface area contributed by atoms with Gasteiger partial charge in [-0.25, -0.2) is 8.78 Å². The number of amides is 1. The topological polar surface area (TPSA) is 77.8 Å². The van der Waals surface area contributed by atoms with E-state index in [0.29, 0.717) is 10.6 Å². The molecule has 0 saturated carbocycles. The zero-order valence-corrected chi connectivity index (χ0v) is 16.5. The zero-order chi connectivity index (χ0) is 22.3. The molecule has 0 aliphatic carbocycles. The van der Waals surface area contributed by atoms with Crippen LogP contribution in [0.15, 0.2) is 72.3 Å². The molecular formula is C23H14ClF2NO4. The highest BCUT2D eigenvalue weighted by Gasteiger charge is 2.47. The molecule has 1 unspecified atom stereocenters. The largest absolute Gasteiger partial charge is 0.508 e. The van der Waals surface area contributed by atoms with Gasteiger partial charge in [-0.15, -0.1) is 0 Å². The maximum absolute atomic E-state index is 13.9. The summed E-state index contributed by atoms with van der Waals surface area (Å²) in [6, 6.07) is 13.4. The number of hydrogen-bond donors (Lipinski definition) is 2. The third-order valence-electron chi connectivity index (χ3n) is 4.93. The first-order chi connectivity index (χ1) is 14.8. The summed E-state index contributed by atoms with van der Waals surface area (Å²) in [4.78, 5) is 26.8. The zero-order valence-electron chi connectivity index (χ0n) is 15.7. The molecule has 1 aliphatic rings. The number of carbonyl (C=O) groups is 2. The second kappa shape index (κ2) is 7.85. The first-order valence-electron chi connectivity index (χ1n) is 9.09. The number of aliphatic hydroxyl groups is 1.